The minimum absolute atomic E-state index is 0.0564. The zero-order valence-corrected chi connectivity index (χ0v) is 5.42. The van der Waals surface area contributed by atoms with E-state index in [0.717, 1.165) is 0 Å². The van der Waals surface area contributed by atoms with Crippen LogP contribution < -0.4 is 5.32 Å². The number of carbonyl (C=O) groups excluding carboxylic acids is 1. The highest BCUT2D eigenvalue weighted by Crippen LogP contribution is 2.12. The zero-order chi connectivity index (χ0) is 6.85. The Hall–Kier alpha value is -0.570. The molecule has 0 aromatic rings. The topological polar surface area (TPSA) is 49.3 Å². The smallest absolute Gasteiger partial charge is 0.220 e. The van der Waals surface area contributed by atoms with Gasteiger partial charge in [-0.05, 0) is 6.92 Å². The van der Waals surface area contributed by atoms with E-state index in [-0.39, 0.29) is 17.9 Å². The molecule has 0 spiro atoms. The molecule has 0 bridgehead atoms. The average molecular weight is 129 g/mol. The summed E-state index contributed by atoms with van der Waals surface area (Å²) in [5.74, 6) is 0.193. The van der Waals surface area contributed by atoms with E-state index in [2.05, 4.69) is 5.32 Å². The van der Waals surface area contributed by atoms with Gasteiger partial charge in [0.25, 0.3) is 0 Å². The second-order valence-corrected chi connectivity index (χ2v) is 2.51. The highest BCUT2D eigenvalue weighted by Gasteiger charge is 2.24. The second-order valence-electron chi connectivity index (χ2n) is 2.51. The Balaban J connectivity index is 2.39. The van der Waals surface area contributed by atoms with E-state index in [9.17, 15) is 4.79 Å². The molecule has 52 valence electrons. The number of carbonyl (C=O) groups is 1. The fourth-order valence-corrected chi connectivity index (χ4v) is 0.969. The maximum atomic E-state index is 10.5. The quantitative estimate of drug-likeness (QED) is 0.501. The van der Waals surface area contributed by atoms with Crippen molar-refractivity contribution in [1.29, 1.82) is 0 Å². The standard InChI is InChI=1S/C6H11NO2/c1-4(8)5-2-6(9)7-3-5/h4-5,8H,2-3H2,1H3,(H,7,9)/t4-,5+/m0/s1. The number of amides is 1. The van der Waals surface area contributed by atoms with Crippen molar-refractivity contribution in [2.24, 2.45) is 5.92 Å². The molecular weight excluding hydrogens is 118 g/mol. The summed E-state index contributed by atoms with van der Waals surface area (Å²) in [6.07, 6.45) is 0.126. The molecule has 1 heterocycles. The number of nitrogens with one attached hydrogen (secondary N) is 1. The summed E-state index contributed by atoms with van der Waals surface area (Å²) in [5, 5.41) is 11.6. The first-order valence-corrected chi connectivity index (χ1v) is 3.15. The van der Waals surface area contributed by atoms with Crippen LogP contribution in [0.15, 0.2) is 0 Å². The van der Waals surface area contributed by atoms with Crippen LogP contribution in [0, 0.1) is 5.92 Å². The summed E-state index contributed by atoms with van der Waals surface area (Å²) in [6.45, 7) is 2.35. The van der Waals surface area contributed by atoms with Crippen molar-refractivity contribution in [2.75, 3.05) is 6.54 Å². The maximum absolute atomic E-state index is 10.5. The van der Waals surface area contributed by atoms with Gasteiger partial charge in [-0.25, -0.2) is 0 Å². The van der Waals surface area contributed by atoms with Gasteiger partial charge in [0.2, 0.25) is 5.91 Å². The minimum Gasteiger partial charge on any atom is -0.393 e. The van der Waals surface area contributed by atoms with Crippen molar-refractivity contribution in [2.45, 2.75) is 19.4 Å². The molecule has 0 saturated carbocycles. The van der Waals surface area contributed by atoms with Crippen LogP contribution in [0.2, 0.25) is 0 Å². The molecule has 9 heavy (non-hydrogen) atoms. The number of hydrogen-bond acceptors (Lipinski definition) is 2. The summed E-state index contributed by atoms with van der Waals surface area (Å²) >= 11 is 0. The molecule has 3 nitrogen and oxygen atoms in total. The van der Waals surface area contributed by atoms with E-state index >= 15 is 0 Å². The first-order chi connectivity index (χ1) is 4.20. The van der Waals surface area contributed by atoms with Crippen LogP contribution in [-0.2, 0) is 4.79 Å². The van der Waals surface area contributed by atoms with Crippen molar-refractivity contribution < 1.29 is 9.90 Å². The Bertz CT molecular complexity index is 122. The third-order valence-electron chi connectivity index (χ3n) is 1.69. The molecule has 1 aliphatic heterocycles. The lowest BCUT2D eigenvalue weighted by Crippen LogP contribution is -2.19. The predicted molar refractivity (Wildman–Crippen MR) is 32.8 cm³/mol. The van der Waals surface area contributed by atoms with Gasteiger partial charge in [0, 0.05) is 18.9 Å². The van der Waals surface area contributed by atoms with Gasteiger partial charge in [-0.1, -0.05) is 0 Å². The fourth-order valence-electron chi connectivity index (χ4n) is 0.969. The zero-order valence-electron chi connectivity index (χ0n) is 5.42. The van der Waals surface area contributed by atoms with E-state index in [1.54, 1.807) is 6.92 Å². The molecule has 2 atom stereocenters. The molecule has 1 saturated heterocycles. The summed E-state index contributed by atoms with van der Waals surface area (Å²) in [6, 6.07) is 0. The van der Waals surface area contributed by atoms with Crippen molar-refractivity contribution in [3.63, 3.8) is 0 Å². The largest absolute Gasteiger partial charge is 0.393 e. The highest BCUT2D eigenvalue weighted by atomic mass is 16.3. The van der Waals surface area contributed by atoms with Gasteiger partial charge in [-0.3, -0.25) is 4.79 Å². The first-order valence-electron chi connectivity index (χ1n) is 3.15. The van der Waals surface area contributed by atoms with Crippen LogP contribution in [0.1, 0.15) is 13.3 Å². The van der Waals surface area contributed by atoms with Gasteiger partial charge in [0.1, 0.15) is 0 Å². The molecule has 1 fully saturated rings. The normalized spacial score (nSPS) is 30.0. The van der Waals surface area contributed by atoms with Gasteiger partial charge < -0.3 is 10.4 Å². The molecular formula is C6H11NO2. The van der Waals surface area contributed by atoms with Crippen molar-refractivity contribution in [3.05, 3.63) is 0 Å². The van der Waals surface area contributed by atoms with E-state index < -0.39 is 0 Å². The Morgan fingerprint density at radius 2 is 2.56 bits per heavy atom. The van der Waals surface area contributed by atoms with Gasteiger partial charge in [0.05, 0.1) is 6.10 Å². The molecule has 1 amide bonds. The van der Waals surface area contributed by atoms with Crippen LogP contribution in [0.25, 0.3) is 0 Å². The average Bonchev–Trinajstić information content (AvgIpc) is 2.14. The van der Waals surface area contributed by atoms with E-state index in [1.165, 1.54) is 0 Å². The Kier molecular flexibility index (Phi) is 1.71. The SMILES string of the molecule is C[C@H](O)[C@H]1CNC(=O)C1. The summed E-state index contributed by atoms with van der Waals surface area (Å²) < 4.78 is 0. The lowest BCUT2D eigenvalue weighted by atomic mass is 10.0. The van der Waals surface area contributed by atoms with Crippen LogP contribution in [-0.4, -0.2) is 23.7 Å². The van der Waals surface area contributed by atoms with Crippen molar-refractivity contribution in [1.82, 2.24) is 5.32 Å². The van der Waals surface area contributed by atoms with E-state index in [4.69, 9.17) is 5.11 Å². The van der Waals surface area contributed by atoms with Gasteiger partial charge in [-0.2, -0.15) is 0 Å². The Labute approximate surface area is 54.1 Å². The van der Waals surface area contributed by atoms with Crippen LogP contribution in [0.5, 0.6) is 0 Å². The van der Waals surface area contributed by atoms with Crippen LogP contribution in [0.4, 0.5) is 0 Å². The Morgan fingerprint density at radius 3 is 2.78 bits per heavy atom. The number of hydrogen-bond donors (Lipinski definition) is 2. The third kappa shape index (κ3) is 1.42. The summed E-state index contributed by atoms with van der Waals surface area (Å²) in [4.78, 5) is 10.5. The van der Waals surface area contributed by atoms with E-state index in [1.807, 2.05) is 0 Å². The maximum Gasteiger partial charge on any atom is 0.220 e. The predicted octanol–water partition coefficient (Wildman–Crippen LogP) is -0.497. The van der Waals surface area contributed by atoms with Gasteiger partial charge in [0.15, 0.2) is 0 Å². The molecule has 0 aliphatic carbocycles. The van der Waals surface area contributed by atoms with Gasteiger partial charge in [-0.15, -0.1) is 0 Å². The monoisotopic (exact) mass is 129 g/mol. The molecule has 0 unspecified atom stereocenters. The number of aliphatic hydroxyl groups is 1. The molecule has 0 radical (unpaired) electrons. The lowest BCUT2D eigenvalue weighted by molar-refractivity contribution is -0.119. The molecule has 1 aliphatic rings. The van der Waals surface area contributed by atoms with E-state index in [0.29, 0.717) is 13.0 Å². The van der Waals surface area contributed by atoms with Crippen LogP contribution in [0.3, 0.4) is 0 Å². The van der Waals surface area contributed by atoms with Crippen molar-refractivity contribution in [3.8, 4) is 0 Å². The molecule has 3 heteroatoms. The molecule has 0 aromatic heterocycles. The first kappa shape index (κ1) is 6.55. The fraction of sp³-hybridized carbons (Fsp3) is 0.833. The molecule has 1 rings (SSSR count). The van der Waals surface area contributed by atoms with Gasteiger partial charge >= 0.3 is 0 Å². The summed E-state index contributed by atoms with van der Waals surface area (Å²) in [7, 11) is 0. The lowest BCUT2D eigenvalue weighted by Gasteiger charge is -2.08. The van der Waals surface area contributed by atoms with Crippen LogP contribution >= 0.6 is 0 Å². The molecule has 0 aromatic carbocycles. The minimum atomic E-state index is -0.357. The van der Waals surface area contributed by atoms with Crippen molar-refractivity contribution >= 4 is 5.91 Å². The number of rotatable bonds is 1. The third-order valence-corrected chi connectivity index (χ3v) is 1.69. The number of aliphatic hydroxyl groups excluding tert-OH is 1. The highest BCUT2D eigenvalue weighted by molar-refractivity contribution is 5.78. The Morgan fingerprint density at radius 1 is 1.89 bits per heavy atom. The second kappa shape index (κ2) is 2.35. The molecule has 2 N–H and O–H groups in total. The summed E-state index contributed by atoms with van der Waals surface area (Å²) in [5.41, 5.74) is 0.